The summed E-state index contributed by atoms with van der Waals surface area (Å²) in [4.78, 5) is 29.3. The molecule has 0 aliphatic rings. The van der Waals surface area contributed by atoms with Crippen LogP contribution in [-0.2, 0) is 22.5 Å². The molecule has 37 heavy (non-hydrogen) atoms. The van der Waals surface area contributed by atoms with Crippen LogP contribution in [0.15, 0.2) is 54.6 Å². The Morgan fingerprint density at radius 3 is 2.35 bits per heavy atom. The van der Waals surface area contributed by atoms with Gasteiger partial charge in [0.2, 0.25) is 0 Å². The van der Waals surface area contributed by atoms with Crippen LogP contribution in [0, 0.1) is 5.82 Å². The Kier molecular flexibility index (Phi) is 9.93. The van der Waals surface area contributed by atoms with Gasteiger partial charge in [-0.15, -0.1) is 0 Å². The Hall–Kier alpha value is -3.56. The van der Waals surface area contributed by atoms with Crippen molar-refractivity contribution in [2.24, 2.45) is 0 Å². The van der Waals surface area contributed by atoms with Crippen LogP contribution in [0.1, 0.15) is 61.0 Å². The van der Waals surface area contributed by atoms with Crippen molar-refractivity contribution in [2.45, 2.75) is 64.3 Å². The molecular weight excluding hydrogens is 477 g/mol. The minimum atomic E-state index is -1.03. The zero-order valence-electron chi connectivity index (χ0n) is 21.4. The number of nitrogens with one attached hydrogen (secondary N) is 1. The van der Waals surface area contributed by atoms with Gasteiger partial charge in [-0.25, -0.2) is 9.37 Å². The highest BCUT2D eigenvalue weighted by molar-refractivity contribution is 5.92. The molecule has 2 aromatic carbocycles. The molecular formula is C28H34FN3O5. The van der Waals surface area contributed by atoms with E-state index in [1.807, 2.05) is 48.7 Å². The second kappa shape index (κ2) is 13.1. The smallest absolute Gasteiger partial charge is 0.308 e. The second-order valence-corrected chi connectivity index (χ2v) is 9.23. The maximum Gasteiger partial charge on any atom is 0.308 e. The summed E-state index contributed by atoms with van der Waals surface area (Å²) in [5.41, 5.74) is 2.84. The lowest BCUT2D eigenvalue weighted by Gasteiger charge is -2.19. The van der Waals surface area contributed by atoms with Crippen LogP contribution in [-0.4, -0.2) is 51.0 Å². The summed E-state index contributed by atoms with van der Waals surface area (Å²) in [6.07, 6.45) is -1.53. The topological polar surface area (TPSA) is 114 Å². The number of nitrogens with zero attached hydrogens (tertiary/aromatic N) is 2. The van der Waals surface area contributed by atoms with Crippen molar-refractivity contribution in [1.29, 1.82) is 0 Å². The van der Waals surface area contributed by atoms with Crippen molar-refractivity contribution in [1.82, 2.24) is 14.9 Å². The van der Waals surface area contributed by atoms with Crippen LogP contribution in [0.25, 0.3) is 11.3 Å². The molecule has 1 heterocycles. The summed E-state index contributed by atoms with van der Waals surface area (Å²) in [6, 6.07) is 15.3. The number of aromatic nitrogens is 2. The Bertz CT molecular complexity index is 1180. The van der Waals surface area contributed by atoms with Crippen molar-refractivity contribution >= 4 is 11.9 Å². The highest BCUT2D eigenvalue weighted by atomic mass is 19.1. The number of imidazole rings is 1. The molecule has 9 heteroatoms. The number of carbonyl (C=O) groups excluding carboxylic acids is 2. The first-order chi connectivity index (χ1) is 17.7. The van der Waals surface area contributed by atoms with Crippen LogP contribution < -0.4 is 5.32 Å². The number of methoxy groups -OCH3 is 1. The van der Waals surface area contributed by atoms with Gasteiger partial charge in [0.05, 0.1) is 31.4 Å². The van der Waals surface area contributed by atoms with Gasteiger partial charge in [0.15, 0.2) is 5.82 Å². The molecule has 8 nitrogen and oxygen atoms in total. The van der Waals surface area contributed by atoms with E-state index in [1.54, 1.807) is 12.1 Å². The Morgan fingerprint density at radius 2 is 1.73 bits per heavy atom. The Labute approximate surface area is 216 Å². The molecule has 3 N–H and O–H groups in total. The normalized spacial score (nSPS) is 12.8. The third kappa shape index (κ3) is 7.71. The van der Waals surface area contributed by atoms with Crippen molar-refractivity contribution in [3.05, 3.63) is 77.5 Å². The monoisotopic (exact) mass is 511 g/mol. The fourth-order valence-electron chi connectivity index (χ4n) is 4.21. The van der Waals surface area contributed by atoms with Gasteiger partial charge in [-0.3, -0.25) is 9.59 Å². The van der Waals surface area contributed by atoms with Crippen LogP contribution >= 0.6 is 0 Å². The van der Waals surface area contributed by atoms with Gasteiger partial charge < -0.3 is 24.8 Å². The van der Waals surface area contributed by atoms with Crippen molar-refractivity contribution in [3.8, 4) is 11.3 Å². The van der Waals surface area contributed by atoms with E-state index in [-0.39, 0.29) is 42.9 Å². The number of halogens is 1. The average molecular weight is 512 g/mol. The number of ether oxygens (including phenoxy) is 1. The standard InChI is InChI=1S/C28H34FN3O5/c1-18(2)32-24(14-13-22(33)15-23(34)16-25(35)37-3)26(20-9-11-21(29)12-10-20)31-27(32)28(36)30-17-19-7-5-4-6-8-19/h4-12,18,22-23,33-34H,13-17H2,1-3H3,(H,30,36). The molecule has 1 aromatic heterocycles. The quantitative estimate of drug-likeness (QED) is 0.319. The molecule has 2 atom stereocenters. The zero-order valence-corrected chi connectivity index (χ0v) is 21.4. The summed E-state index contributed by atoms with van der Waals surface area (Å²) in [7, 11) is 1.24. The molecule has 3 aromatic rings. The van der Waals surface area contributed by atoms with Gasteiger partial charge in [-0.05, 0) is 62.9 Å². The predicted molar refractivity (Wildman–Crippen MR) is 137 cm³/mol. The molecule has 0 spiro atoms. The molecule has 0 fully saturated rings. The van der Waals surface area contributed by atoms with E-state index in [1.165, 1.54) is 19.2 Å². The fraction of sp³-hybridized carbons (Fsp3) is 0.393. The fourth-order valence-corrected chi connectivity index (χ4v) is 4.21. The van der Waals surface area contributed by atoms with Gasteiger partial charge in [-0.2, -0.15) is 0 Å². The molecule has 0 aliphatic heterocycles. The molecule has 0 saturated carbocycles. The Balaban J connectivity index is 1.88. The minimum Gasteiger partial charge on any atom is -0.469 e. The van der Waals surface area contributed by atoms with E-state index < -0.39 is 18.2 Å². The van der Waals surface area contributed by atoms with Crippen molar-refractivity contribution in [2.75, 3.05) is 7.11 Å². The van der Waals surface area contributed by atoms with Gasteiger partial charge in [0, 0.05) is 23.8 Å². The predicted octanol–water partition coefficient (Wildman–Crippen LogP) is 3.81. The van der Waals surface area contributed by atoms with Crippen LogP contribution in [0.2, 0.25) is 0 Å². The van der Waals surface area contributed by atoms with E-state index in [0.717, 1.165) is 5.56 Å². The first-order valence-corrected chi connectivity index (χ1v) is 12.3. The maximum atomic E-state index is 13.6. The lowest BCUT2D eigenvalue weighted by molar-refractivity contribution is -0.143. The molecule has 0 aliphatic carbocycles. The average Bonchev–Trinajstić information content (AvgIpc) is 3.27. The summed E-state index contributed by atoms with van der Waals surface area (Å²) in [5, 5.41) is 23.6. The largest absolute Gasteiger partial charge is 0.469 e. The number of hydrogen-bond acceptors (Lipinski definition) is 6. The highest BCUT2D eigenvalue weighted by Crippen LogP contribution is 2.29. The van der Waals surface area contributed by atoms with E-state index in [2.05, 4.69) is 15.0 Å². The van der Waals surface area contributed by atoms with E-state index in [0.29, 0.717) is 29.9 Å². The summed E-state index contributed by atoms with van der Waals surface area (Å²) < 4.78 is 20.0. The first kappa shape index (κ1) is 28.0. The second-order valence-electron chi connectivity index (χ2n) is 9.23. The summed E-state index contributed by atoms with van der Waals surface area (Å²) in [6.45, 7) is 4.21. The number of amides is 1. The molecule has 0 radical (unpaired) electrons. The number of aliphatic hydroxyl groups excluding tert-OH is 2. The third-order valence-electron chi connectivity index (χ3n) is 6.03. The summed E-state index contributed by atoms with van der Waals surface area (Å²) >= 11 is 0. The number of aliphatic hydroxyl groups is 2. The Morgan fingerprint density at radius 1 is 1.05 bits per heavy atom. The van der Waals surface area contributed by atoms with Crippen LogP contribution in [0.3, 0.4) is 0 Å². The number of rotatable bonds is 12. The highest BCUT2D eigenvalue weighted by Gasteiger charge is 2.25. The van der Waals surface area contributed by atoms with Crippen LogP contribution in [0.4, 0.5) is 4.39 Å². The van der Waals surface area contributed by atoms with E-state index in [4.69, 9.17) is 0 Å². The number of benzene rings is 2. The third-order valence-corrected chi connectivity index (χ3v) is 6.03. The molecule has 1 amide bonds. The minimum absolute atomic E-state index is 0.00121. The van der Waals surface area contributed by atoms with Gasteiger partial charge >= 0.3 is 5.97 Å². The summed E-state index contributed by atoms with van der Waals surface area (Å²) in [5.74, 6) is -1.06. The number of esters is 1. The van der Waals surface area contributed by atoms with E-state index in [9.17, 15) is 24.2 Å². The SMILES string of the molecule is COC(=O)CC(O)CC(O)CCc1c(-c2ccc(F)cc2)nc(C(=O)NCc2ccccc2)n1C(C)C. The lowest BCUT2D eigenvalue weighted by Crippen LogP contribution is -2.27. The first-order valence-electron chi connectivity index (χ1n) is 12.3. The zero-order chi connectivity index (χ0) is 26.9. The number of hydrogen-bond donors (Lipinski definition) is 3. The van der Waals surface area contributed by atoms with Gasteiger partial charge in [0.25, 0.3) is 5.91 Å². The van der Waals surface area contributed by atoms with Crippen molar-refractivity contribution in [3.63, 3.8) is 0 Å². The maximum absolute atomic E-state index is 13.6. The number of carbonyl (C=O) groups is 2. The van der Waals surface area contributed by atoms with E-state index >= 15 is 0 Å². The van der Waals surface area contributed by atoms with Gasteiger partial charge in [0.1, 0.15) is 5.82 Å². The van der Waals surface area contributed by atoms with Crippen molar-refractivity contribution < 1.29 is 28.9 Å². The molecule has 3 rings (SSSR count). The molecule has 2 unspecified atom stereocenters. The van der Waals surface area contributed by atoms with Crippen LogP contribution in [0.5, 0.6) is 0 Å². The molecule has 198 valence electrons. The van der Waals surface area contributed by atoms with Gasteiger partial charge in [-0.1, -0.05) is 30.3 Å². The lowest BCUT2D eigenvalue weighted by atomic mass is 10.0. The molecule has 0 bridgehead atoms. The molecule has 0 saturated heterocycles.